The van der Waals surface area contributed by atoms with Crippen LogP contribution in [0, 0.1) is 0 Å². The lowest BCUT2D eigenvalue weighted by Crippen LogP contribution is -2.22. The normalized spacial score (nSPS) is 11.9. The molecule has 0 atom stereocenters. The second-order valence-corrected chi connectivity index (χ2v) is 12.9. The molecule has 0 saturated carbocycles. The van der Waals surface area contributed by atoms with Crippen LogP contribution in [-0.4, -0.2) is 7.57 Å². The lowest BCUT2D eigenvalue weighted by Gasteiger charge is -2.37. The summed E-state index contributed by atoms with van der Waals surface area (Å²) in [6.07, 6.45) is 0. The van der Waals surface area contributed by atoms with Crippen molar-refractivity contribution in [3.8, 4) is 0 Å². The summed E-state index contributed by atoms with van der Waals surface area (Å²) in [6.45, 7) is 0. The molecule has 0 aliphatic heterocycles. The van der Waals surface area contributed by atoms with Crippen LogP contribution < -0.4 is 10.6 Å². The van der Waals surface area contributed by atoms with Gasteiger partial charge in [-0.2, -0.15) is 7.14 Å². The molecular formula is C25H20BP2. The predicted molar refractivity (Wildman–Crippen MR) is 129 cm³/mol. The number of hydrogen-bond acceptors (Lipinski definition) is 0. The Hall–Kier alpha value is -2.33. The van der Waals surface area contributed by atoms with Crippen molar-refractivity contribution in [1.29, 1.82) is 0 Å². The molecule has 0 nitrogen and oxygen atoms in total. The molecule has 4 aromatic carbocycles. The van der Waals surface area contributed by atoms with Gasteiger partial charge in [-0.25, -0.2) is 0 Å². The average molecular weight is 393 g/mol. The van der Waals surface area contributed by atoms with Gasteiger partial charge in [0.05, 0.1) is 5.90 Å². The number of hydrogen-bond donors (Lipinski definition) is 0. The molecule has 0 aliphatic rings. The third kappa shape index (κ3) is 2.91. The van der Waals surface area contributed by atoms with E-state index in [0.717, 1.165) is 5.90 Å². The summed E-state index contributed by atoms with van der Waals surface area (Å²) in [5.74, 6) is 1.00. The van der Waals surface area contributed by atoms with Gasteiger partial charge < -0.3 is 0 Å². The average Bonchev–Trinajstić information content (AvgIpc) is 3.09. The van der Waals surface area contributed by atoms with Crippen LogP contribution in [0.25, 0.3) is 21.0 Å². The van der Waals surface area contributed by atoms with Crippen LogP contribution in [0.5, 0.6) is 0 Å². The Balaban J connectivity index is 1.77. The van der Waals surface area contributed by atoms with Gasteiger partial charge in [-0.15, -0.1) is 0 Å². The van der Waals surface area contributed by atoms with E-state index in [1.54, 1.807) is 0 Å². The number of rotatable bonds is 4. The van der Waals surface area contributed by atoms with E-state index in [4.69, 9.17) is 7.57 Å². The van der Waals surface area contributed by atoms with Crippen molar-refractivity contribution < 1.29 is 0 Å². The molecular weight excluding hydrogens is 373 g/mol. The minimum Gasteiger partial charge on any atom is -0.291 e. The van der Waals surface area contributed by atoms with Crippen molar-refractivity contribution in [3.63, 3.8) is 0 Å². The minimum atomic E-state index is -2.01. The van der Waals surface area contributed by atoms with Crippen LogP contribution >= 0.6 is 14.7 Å². The molecule has 28 heavy (non-hydrogen) atoms. The molecule has 3 radical (unpaired) electrons. The summed E-state index contributed by atoms with van der Waals surface area (Å²) in [7, 11) is 4.87. The van der Waals surface area contributed by atoms with Crippen LogP contribution in [0.2, 0.25) is 0 Å². The highest BCUT2D eigenvalue weighted by Gasteiger charge is 2.27. The lowest BCUT2D eigenvalue weighted by molar-refractivity contribution is 1.72. The molecule has 3 heteroatoms. The highest BCUT2D eigenvalue weighted by Crippen LogP contribution is 2.64. The summed E-state index contributed by atoms with van der Waals surface area (Å²) in [5.41, 5.74) is 0. The third-order valence-electron chi connectivity index (χ3n) is 5.48. The van der Waals surface area contributed by atoms with Gasteiger partial charge in [0.2, 0.25) is 0 Å². The smallest absolute Gasteiger partial charge is 0.0588 e. The Labute approximate surface area is 169 Å². The van der Waals surface area contributed by atoms with Crippen LogP contribution in [-0.2, 0) is 5.90 Å². The lowest BCUT2D eigenvalue weighted by atomic mass is 10.2. The van der Waals surface area contributed by atoms with Gasteiger partial charge in [0.25, 0.3) is 0 Å². The van der Waals surface area contributed by atoms with Crippen molar-refractivity contribution in [1.82, 2.24) is 0 Å². The first kappa shape index (κ1) is 17.8. The molecule has 0 bridgehead atoms. The Morgan fingerprint density at radius 2 is 0.929 bits per heavy atom. The first-order valence-electron chi connectivity index (χ1n) is 9.51. The molecule has 1 aromatic heterocycles. The first-order valence-corrected chi connectivity index (χ1v) is 13.1. The molecule has 0 spiro atoms. The molecule has 0 fully saturated rings. The van der Waals surface area contributed by atoms with E-state index in [1.807, 2.05) is 0 Å². The van der Waals surface area contributed by atoms with Crippen LogP contribution in [0.15, 0.2) is 109 Å². The first-order chi connectivity index (χ1) is 13.8. The SMILES string of the molecule is [B-][P+](Cp1c2ccccc2c2ccccc21)(c1ccccc1)c1ccccc1. The molecule has 133 valence electrons. The van der Waals surface area contributed by atoms with Crippen LogP contribution in [0.4, 0.5) is 0 Å². The number of fused-ring (bicyclic) bond motifs is 3. The molecule has 0 unspecified atom stereocenters. The van der Waals surface area contributed by atoms with Gasteiger partial charge in [0.1, 0.15) is 0 Å². The minimum absolute atomic E-state index is 0.488. The van der Waals surface area contributed by atoms with Gasteiger partial charge in [-0.1, -0.05) is 92.5 Å². The molecule has 0 N–H and O–H groups in total. The van der Waals surface area contributed by atoms with E-state index in [2.05, 4.69) is 109 Å². The second-order valence-electron chi connectivity index (χ2n) is 7.14. The fourth-order valence-corrected chi connectivity index (χ4v) is 11.9. The molecule has 0 amide bonds. The zero-order valence-corrected chi connectivity index (χ0v) is 17.4. The topological polar surface area (TPSA) is 0 Å². The maximum atomic E-state index is 7.36. The Morgan fingerprint density at radius 3 is 1.39 bits per heavy atom. The highest BCUT2D eigenvalue weighted by atomic mass is 31.2. The Morgan fingerprint density at radius 1 is 0.536 bits per heavy atom. The van der Waals surface area contributed by atoms with E-state index in [0.29, 0.717) is 0 Å². The summed E-state index contributed by atoms with van der Waals surface area (Å²) >= 11 is 0. The predicted octanol–water partition coefficient (Wildman–Crippen LogP) is 6.69. The molecule has 0 saturated heterocycles. The van der Waals surface area contributed by atoms with Gasteiger partial charge in [0, 0.05) is 20.8 Å². The van der Waals surface area contributed by atoms with E-state index in [-0.39, 0.29) is 0 Å². The molecule has 5 rings (SSSR count). The standard InChI is InChI=1S/C25H20BP2/c26-28(20-11-3-1-4-12-20,21-13-5-2-6-14-21)19-27-24-17-9-7-15-22(24)23-16-8-10-18-25(23)27/h1-18H,19H2. The molecule has 5 aromatic rings. The van der Waals surface area contributed by atoms with Gasteiger partial charge in [-0.3, -0.25) is 7.57 Å². The Kier molecular flexibility index (Phi) is 4.60. The van der Waals surface area contributed by atoms with E-state index in [1.165, 1.54) is 31.6 Å². The summed E-state index contributed by atoms with van der Waals surface area (Å²) in [4.78, 5) is 0. The van der Waals surface area contributed by atoms with E-state index in [9.17, 15) is 0 Å². The van der Waals surface area contributed by atoms with E-state index >= 15 is 0 Å². The van der Waals surface area contributed by atoms with Crippen molar-refractivity contribution in [2.45, 2.75) is 5.90 Å². The monoisotopic (exact) mass is 393 g/mol. The fourth-order valence-electron chi connectivity index (χ4n) is 4.08. The number of benzene rings is 4. The Bertz CT molecular complexity index is 1150. The van der Waals surface area contributed by atoms with Crippen LogP contribution in [0.1, 0.15) is 0 Å². The zero-order valence-electron chi connectivity index (χ0n) is 15.6. The van der Waals surface area contributed by atoms with Gasteiger partial charge in [-0.05, 0) is 35.0 Å². The quantitative estimate of drug-likeness (QED) is 0.236. The molecule has 0 aliphatic carbocycles. The zero-order chi connectivity index (χ0) is 19.0. The van der Waals surface area contributed by atoms with Crippen molar-refractivity contribution in [2.24, 2.45) is 0 Å². The summed E-state index contributed by atoms with van der Waals surface area (Å²) in [5, 5.41) is 8.28. The van der Waals surface area contributed by atoms with Gasteiger partial charge >= 0.3 is 0 Å². The highest BCUT2D eigenvalue weighted by molar-refractivity contribution is 8.11. The van der Waals surface area contributed by atoms with Crippen molar-refractivity contribution in [2.75, 3.05) is 0 Å². The molecule has 1 heterocycles. The maximum absolute atomic E-state index is 7.36. The summed E-state index contributed by atoms with van der Waals surface area (Å²) < 4.78 is 0. The maximum Gasteiger partial charge on any atom is 0.0588 e. The summed E-state index contributed by atoms with van der Waals surface area (Å²) in [6, 6.07) is 39.2. The van der Waals surface area contributed by atoms with Gasteiger partial charge in [0.15, 0.2) is 0 Å². The second kappa shape index (κ2) is 7.25. The third-order valence-corrected chi connectivity index (χ3v) is 12.8. The fraction of sp³-hybridized carbons (Fsp3) is 0.0400. The van der Waals surface area contributed by atoms with E-state index < -0.39 is 14.7 Å². The largest absolute Gasteiger partial charge is 0.291 e. The van der Waals surface area contributed by atoms with Crippen LogP contribution in [0.3, 0.4) is 0 Å². The van der Waals surface area contributed by atoms with Crippen molar-refractivity contribution in [3.05, 3.63) is 109 Å². The van der Waals surface area contributed by atoms with Crippen molar-refractivity contribution >= 4 is 53.9 Å².